The highest BCUT2D eigenvalue weighted by molar-refractivity contribution is 7.80. The second-order valence-electron chi connectivity index (χ2n) is 7.35. The molecule has 0 amide bonds. The molecule has 1 fully saturated rings. The summed E-state index contributed by atoms with van der Waals surface area (Å²) < 4.78 is 42.0. The number of nitrogens with zero attached hydrogens (tertiary/aromatic N) is 1. The third-order valence-corrected chi connectivity index (χ3v) is 6.21. The molecule has 0 saturated carbocycles. The lowest BCUT2D eigenvalue weighted by molar-refractivity contribution is 0.0600. The van der Waals surface area contributed by atoms with E-state index in [1.807, 2.05) is 18.2 Å². The van der Waals surface area contributed by atoms with Crippen molar-refractivity contribution in [1.29, 1.82) is 0 Å². The van der Waals surface area contributed by atoms with Crippen LogP contribution >= 0.6 is 0 Å². The molecule has 2 aromatic carbocycles. The van der Waals surface area contributed by atoms with Crippen molar-refractivity contribution in [3.63, 3.8) is 0 Å². The van der Waals surface area contributed by atoms with Gasteiger partial charge in [0, 0.05) is 6.54 Å². The smallest absolute Gasteiger partial charge is 0.337 e. The van der Waals surface area contributed by atoms with E-state index in [2.05, 4.69) is 16.1 Å². The molecule has 0 aromatic heterocycles. The molecular weight excluding hydrogens is 407 g/mol. The van der Waals surface area contributed by atoms with E-state index in [9.17, 15) is 17.9 Å². The van der Waals surface area contributed by atoms with Crippen LogP contribution in [0.15, 0.2) is 42.5 Å². The first-order valence-electron chi connectivity index (χ1n) is 10.1. The molecule has 0 radical (unpaired) electrons. The third kappa shape index (κ3) is 5.65. The number of ether oxygens (including phenoxy) is 1. The van der Waals surface area contributed by atoms with Crippen molar-refractivity contribution in [3.8, 4) is 0 Å². The van der Waals surface area contributed by atoms with E-state index in [1.165, 1.54) is 23.0 Å². The quantitative estimate of drug-likeness (QED) is 0.490. The van der Waals surface area contributed by atoms with Crippen molar-refractivity contribution in [2.75, 3.05) is 31.0 Å². The topological polar surface area (TPSA) is 78.9 Å². The van der Waals surface area contributed by atoms with Gasteiger partial charge in [-0.3, -0.25) is 8.86 Å². The SMILES string of the molecule is COC(=O)c1ccc(CCCN(c2cccc(C3CCNCC3)c2)S(=O)O)c(F)c1. The highest BCUT2D eigenvalue weighted by atomic mass is 32.2. The largest absolute Gasteiger partial charge is 0.465 e. The minimum absolute atomic E-state index is 0.159. The standard InChI is InChI=1S/C22H27FN2O4S/c1-29-22(26)19-8-7-17(21(23)15-19)5-3-13-25(30(27)28)20-6-2-4-18(14-20)16-9-11-24-12-10-16/h2,4,6-8,14-16,24H,3,5,9-13H2,1H3,(H,27,28). The molecule has 3 rings (SSSR count). The first-order chi connectivity index (χ1) is 14.5. The molecule has 0 aliphatic carbocycles. The number of piperidine rings is 1. The molecule has 1 atom stereocenters. The highest BCUT2D eigenvalue weighted by Crippen LogP contribution is 2.29. The summed E-state index contributed by atoms with van der Waals surface area (Å²) in [5.74, 6) is -0.624. The van der Waals surface area contributed by atoms with Crippen molar-refractivity contribution < 1.29 is 22.7 Å². The number of hydrogen-bond acceptors (Lipinski definition) is 4. The number of esters is 1. The van der Waals surface area contributed by atoms with Gasteiger partial charge < -0.3 is 10.1 Å². The fourth-order valence-corrected chi connectivity index (χ4v) is 4.37. The Morgan fingerprint density at radius 3 is 2.70 bits per heavy atom. The predicted octanol–water partition coefficient (Wildman–Crippen LogP) is 3.66. The maximum Gasteiger partial charge on any atom is 0.337 e. The Morgan fingerprint density at radius 1 is 1.27 bits per heavy atom. The van der Waals surface area contributed by atoms with E-state index in [0.29, 0.717) is 36.6 Å². The highest BCUT2D eigenvalue weighted by Gasteiger charge is 2.18. The molecule has 0 spiro atoms. The number of carbonyl (C=O) groups is 1. The van der Waals surface area contributed by atoms with Gasteiger partial charge in [-0.1, -0.05) is 18.2 Å². The van der Waals surface area contributed by atoms with E-state index in [4.69, 9.17) is 0 Å². The zero-order chi connectivity index (χ0) is 21.5. The number of aryl methyl sites for hydroxylation is 1. The molecule has 30 heavy (non-hydrogen) atoms. The van der Waals surface area contributed by atoms with Crippen molar-refractivity contribution in [2.24, 2.45) is 0 Å². The summed E-state index contributed by atoms with van der Waals surface area (Å²) >= 11 is -2.18. The normalized spacial score (nSPS) is 15.6. The number of halogens is 1. The monoisotopic (exact) mass is 434 g/mol. The van der Waals surface area contributed by atoms with Gasteiger partial charge in [0.2, 0.25) is 0 Å². The maximum atomic E-state index is 14.3. The molecule has 1 saturated heterocycles. The van der Waals surface area contributed by atoms with Crippen molar-refractivity contribution >= 4 is 22.9 Å². The Morgan fingerprint density at radius 2 is 2.03 bits per heavy atom. The van der Waals surface area contributed by atoms with Crippen LogP contribution in [-0.4, -0.2) is 41.5 Å². The van der Waals surface area contributed by atoms with Crippen LogP contribution in [0.5, 0.6) is 0 Å². The summed E-state index contributed by atoms with van der Waals surface area (Å²) in [6.45, 7) is 2.26. The lowest BCUT2D eigenvalue weighted by Gasteiger charge is -2.25. The van der Waals surface area contributed by atoms with E-state index >= 15 is 0 Å². The van der Waals surface area contributed by atoms with Crippen LogP contribution < -0.4 is 9.62 Å². The van der Waals surface area contributed by atoms with Crippen LogP contribution in [0.4, 0.5) is 10.1 Å². The summed E-state index contributed by atoms with van der Waals surface area (Å²) in [7, 11) is 1.25. The van der Waals surface area contributed by atoms with Gasteiger partial charge in [0.25, 0.3) is 11.3 Å². The Bertz CT molecular complexity index is 902. The van der Waals surface area contributed by atoms with Gasteiger partial charge >= 0.3 is 5.97 Å². The molecule has 2 N–H and O–H groups in total. The summed E-state index contributed by atoms with van der Waals surface area (Å²) in [6, 6.07) is 12.0. The Balaban J connectivity index is 1.65. The van der Waals surface area contributed by atoms with Crippen LogP contribution in [0, 0.1) is 5.82 Å². The molecule has 0 bridgehead atoms. The molecule has 1 unspecified atom stereocenters. The predicted molar refractivity (Wildman–Crippen MR) is 115 cm³/mol. The fourth-order valence-electron chi connectivity index (χ4n) is 3.79. The molecule has 1 aliphatic rings. The van der Waals surface area contributed by atoms with Gasteiger partial charge in [0.1, 0.15) is 5.82 Å². The number of hydrogen-bond donors (Lipinski definition) is 2. The number of carbonyl (C=O) groups excluding carboxylic acids is 1. The van der Waals surface area contributed by atoms with E-state index in [0.717, 1.165) is 32.0 Å². The average Bonchev–Trinajstić information content (AvgIpc) is 2.77. The van der Waals surface area contributed by atoms with Gasteiger partial charge in [0.05, 0.1) is 18.4 Å². The second kappa shape index (κ2) is 10.7. The lowest BCUT2D eigenvalue weighted by atomic mass is 9.90. The van der Waals surface area contributed by atoms with Gasteiger partial charge in [-0.2, -0.15) is 0 Å². The molecule has 162 valence electrons. The maximum absolute atomic E-state index is 14.3. The average molecular weight is 435 g/mol. The molecule has 1 heterocycles. The minimum atomic E-state index is -2.18. The molecular formula is C22H27FN2O4S. The fraction of sp³-hybridized carbons (Fsp3) is 0.409. The van der Waals surface area contributed by atoms with Crippen LogP contribution in [0.3, 0.4) is 0 Å². The Labute approximate surface area is 178 Å². The van der Waals surface area contributed by atoms with Crippen molar-refractivity contribution in [3.05, 3.63) is 65.0 Å². The number of rotatable bonds is 8. The third-order valence-electron chi connectivity index (χ3n) is 5.44. The molecule has 1 aliphatic heterocycles. The molecule has 8 heteroatoms. The summed E-state index contributed by atoms with van der Waals surface area (Å²) in [4.78, 5) is 11.5. The Hall–Kier alpha value is -2.29. The first kappa shape index (κ1) is 22.4. The van der Waals surface area contributed by atoms with Crippen LogP contribution in [-0.2, 0) is 22.4 Å². The van der Waals surface area contributed by atoms with E-state index in [-0.39, 0.29) is 5.56 Å². The van der Waals surface area contributed by atoms with E-state index < -0.39 is 23.1 Å². The number of benzene rings is 2. The zero-order valence-electron chi connectivity index (χ0n) is 17.0. The van der Waals surface area contributed by atoms with Crippen LogP contribution in [0.1, 0.15) is 46.7 Å². The van der Waals surface area contributed by atoms with Crippen LogP contribution in [0.2, 0.25) is 0 Å². The van der Waals surface area contributed by atoms with Gasteiger partial charge in [-0.05, 0) is 80.1 Å². The lowest BCUT2D eigenvalue weighted by Crippen LogP contribution is -2.28. The van der Waals surface area contributed by atoms with Gasteiger partial charge in [0.15, 0.2) is 0 Å². The van der Waals surface area contributed by atoms with Crippen LogP contribution in [0.25, 0.3) is 0 Å². The van der Waals surface area contributed by atoms with Gasteiger partial charge in [-0.25, -0.2) is 13.4 Å². The summed E-state index contributed by atoms with van der Waals surface area (Å²) in [5, 5.41) is 3.35. The number of anilines is 1. The molecule has 2 aromatic rings. The minimum Gasteiger partial charge on any atom is -0.465 e. The molecule has 6 nitrogen and oxygen atoms in total. The van der Waals surface area contributed by atoms with E-state index in [1.54, 1.807) is 6.07 Å². The zero-order valence-corrected chi connectivity index (χ0v) is 17.8. The van der Waals surface area contributed by atoms with Gasteiger partial charge in [-0.15, -0.1) is 0 Å². The van der Waals surface area contributed by atoms with Crippen molar-refractivity contribution in [2.45, 2.75) is 31.6 Å². The number of nitrogens with one attached hydrogen (secondary N) is 1. The summed E-state index contributed by atoms with van der Waals surface area (Å²) in [5.41, 5.74) is 2.48. The number of methoxy groups -OCH3 is 1. The Kier molecular flexibility index (Phi) is 7.95. The summed E-state index contributed by atoms with van der Waals surface area (Å²) in [6.07, 6.45) is 2.96. The first-order valence-corrected chi connectivity index (χ1v) is 11.1. The van der Waals surface area contributed by atoms with Crippen molar-refractivity contribution in [1.82, 2.24) is 5.32 Å². The second-order valence-corrected chi connectivity index (χ2v) is 8.26.